The van der Waals surface area contributed by atoms with Crippen LogP contribution in [0.15, 0.2) is 18.3 Å². The first-order valence-corrected chi connectivity index (χ1v) is 5.98. The fourth-order valence-corrected chi connectivity index (χ4v) is 2.42. The zero-order chi connectivity index (χ0) is 11.3. The van der Waals surface area contributed by atoms with Crippen molar-refractivity contribution in [2.75, 3.05) is 0 Å². The third kappa shape index (κ3) is 1.28. The molecule has 3 nitrogen and oxygen atoms in total. The second-order valence-corrected chi connectivity index (χ2v) is 4.83. The fourth-order valence-electron chi connectivity index (χ4n) is 2.10. The van der Waals surface area contributed by atoms with E-state index in [0.717, 1.165) is 36.2 Å². The lowest BCUT2D eigenvalue weighted by Gasteiger charge is -2.09. The Morgan fingerprint density at radius 3 is 2.94 bits per heavy atom. The molecule has 4 heteroatoms. The Morgan fingerprint density at radius 2 is 2.31 bits per heavy atom. The summed E-state index contributed by atoms with van der Waals surface area (Å²) < 4.78 is 1.93. The number of imidazole rings is 1. The van der Waals surface area contributed by atoms with E-state index in [0.29, 0.717) is 5.15 Å². The molecule has 0 amide bonds. The minimum Gasteiger partial charge on any atom is -0.321 e. The molecule has 0 saturated heterocycles. The van der Waals surface area contributed by atoms with Gasteiger partial charge in [0.15, 0.2) is 0 Å². The van der Waals surface area contributed by atoms with Crippen molar-refractivity contribution in [2.24, 2.45) is 5.73 Å². The topological polar surface area (TPSA) is 43.3 Å². The molecule has 2 aromatic rings. The van der Waals surface area contributed by atoms with Gasteiger partial charge in [-0.25, -0.2) is 4.98 Å². The summed E-state index contributed by atoms with van der Waals surface area (Å²) in [6.45, 7) is 2.06. The molecule has 84 valence electrons. The second kappa shape index (κ2) is 3.22. The van der Waals surface area contributed by atoms with E-state index in [2.05, 4.69) is 18.0 Å². The monoisotopic (exact) mass is 235 g/mol. The first-order valence-electron chi connectivity index (χ1n) is 5.60. The van der Waals surface area contributed by atoms with E-state index in [-0.39, 0.29) is 5.54 Å². The van der Waals surface area contributed by atoms with Crippen LogP contribution >= 0.6 is 11.6 Å². The van der Waals surface area contributed by atoms with Crippen LogP contribution in [0.3, 0.4) is 0 Å². The molecule has 1 aliphatic carbocycles. The van der Waals surface area contributed by atoms with Crippen LogP contribution < -0.4 is 5.73 Å². The molecular formula is C12H14ClN3. The lowest BCUT2D eigenvalue weighted by Crippen LogP contribution is -2.19. The van der Waals surface area contributed by atoms with Gasteiger partial charge in [-0.2, -0.15) is 0 Å². The molecular weight excluding hydrogens is 222 g/mol. The summed E-state index contributed by atoms with van der Waals surface area (Å²) in [4.78, 5) is 4.59. The standard InChI is InChI=1S/C12H14ClN3/c1-2-9-10(13)16-7-3-4-8(11(16)15-9)12(14)5-6-12/h3-4,7H,2,5-6,14H2,1H3. The third-order valence-electron chi connectivity index (χ3n) is 3.32. The Bertz CT molecular complexity index is 555. The number of nitrogens with two attached hydrogens (primary N) is 1. The second-order valence-electron chi connectivity index (χ2n) is 4.47. The van der Waals surface area contributed by atoms with E-state index in [1.165, 1.54) is 0 Å². The molecule has 0 spiro atoms. The van der Waals surface area contributed by atoms with Crippen molar-refractivity contribution < 1.29 is 0 Å². The van der Waals surface area contributed by atoms with Gasteiger partial charge in [-0.1, -0.05) is 24.6 Å². The summed E-state index contributed by atoms with van der Waals surface area (Å²) in [6.07, 6.45) is 4.87. The van der Waals surface area contributed by atoms with Crippen LogP contribution in [-0.2, 0) is 12.0 Å². The number of pyridine rings is 1. The highest BCUT2D eigenvalue weighted by Crippen LogP contribution is 2.44. The lowest BCUT2D eigenvalue weighted by atomic mass is 10.1. The maximum atomic E-state index is 6.26. The van der Waals surface area contributed by atoms with E-state index in [4.69, 9.17) is 17.3 Å². The van der Waals surface area contributed by atoms with Crippen molar-refractivity contribution >= 4 is 17.2 Å². The lowest BCUT2D eigenvalue weighted by molar-refractivity contribution is 0.740. The number of hydrogen-bond acceptors (Lipinski definition) is 2. The van der Waals surface area contributed by atoms with Crippen LogP contribution in [0, 0.1) is 0 Å². The summed E-state index contributed by atoms with van der Waals surface area (Å²) >= 11 is 6.26. The molecule has 16 heavy (non-hydrogen) atoms. The zero-order valence-corrected chi connectivity index (χ0v) is 9.96. The van der Waals surface area contributed by atoms with E-state index >= 15 is 0 Å². The van der Waals surface area contributed by atoms with Crippen molar-refractivity contribution in [2.45, 2.75) is 31.7 Å². The molecule has 0 radical (unpaired) electrons. The molecule has 0 atom stereocenters. The molecule has 0 aliphatic heterocycles. The van der Waals surface area contributed by atoms with Gasteiger partial charge in [0.25, 0.3) is 0 Å². The number of halogens is 1. The maximum Gasteiger partial charge on any atom is 0.143 e. The van der Waals surface area contributed by atoms with Crippen molar-refractivity contribution in [3.63, 3.8) is 0 Å². The molecule has 2 heterocycles. The van der Waals surface area contributed by atoms with Gasteiger partial charge in [0.2, 0.25) is 0 Å². The largest absolute Gasteiger partial charge is 0.321 e. The van der Waals surface area contributed by atoms with E-state index in [9.17, 15) is 0 Å². The number of aryl methyl sites for hydroxylation is 1. The van der Waals surface area contributed by atoms with Gasteiger partial charge < -0.3 is 5.73 Å². The SMILES string of the molecule is CCc1nc2c(C3(N)CC3)cccn2c1Cl. The van der Waals surface area contributed by atoms with Crippen molar-refractivity contribution in [3.05, 3.63) is 34.7 Å². The number of aromatic nitrogens is 2. The van der Waals surface area contributed by atoms with Gasteiger partial charge in [-0.3, -0.25) is 4.40 Å². The Kier molecular flexibility index (Phi) is 2.03. The van der Waals surface area contributed by atoms with E-state index < -0.39 is 0 Å². The number of hydrogen-bond donors (Lipinski definition) is 1. The molecule has 2 aromatic heterocycles. The Morgan fingerprint density at radius 1 is 1.56 bits per heavy atom. The molecule has 0 bridgehead atoms. The average Bonchev–Trinajstić information content (AvgIpc) is 2.95. The molecule has 3 rings (SSSR count). The minimum atomic E-state index is -0.164. The van der Waals surface area contributed by atoms with Crippen molar-refractivity contribution in [1.82, 2.24) is 9.38 Å². The summed E-state index contributed by atoms with van der Waals surface area (Å²) in [7, 11) is 0. The number of nitrogens with zero attached hydrogens (tertiary/aromatic N) is 2. The van der Waals surface area contributed by atoms with Crippen LogP contribution in [0.2, 0.25) is 5.15 Å². The fraction of sp³-hybridized carbons (Fsp3) is 0.417. The Balaban J connectivity index is 2.31. The summed E-state index contributed by atoms with van der Waals surface area (Å²) in [5.74, 6) is 0. The van der Waals surface area contributed by atoms with Gasteiger partial charge in [0, 0.05) is 17.3 Å². The highest BCUT2D eigenvalue weighted by molar-refractivity contribution is 6.30. The average molecular weight is 236 g/mol. The first-order chi connectivity index (χ1) is 7.65. The summed E-state index contributed by atoms with van der Waals surface area (Å²) in [5, 5.41) is 0.712. The normalized spacial score (nSPS) is 17.9. The minimum absolute atomic E-state index is 0.164. The van der Waals surface area contributed by atoms with E-state index in [1.807, 2.05) is 16.7 Å². The Hall–Kier alpha value is -1.06. The predicted molar refractivity (Wildman–Crippen MR) is 64.7 cm³/mol. The molecule has 1 fully saturated rings. The van der Waals surface area contributed by atoms with Crippen LogP contribution in [0.5, 0.6) is 0 Å². The third-order valence-corrected chi connectivity index (χ3v) is 3.72. The molecule has 2 N–H and O–H groups in total. The van der Waals surface area contributed by atoms with Gasteiger partial charge >= 0.3 is 0 Å². The van der Waals surface area contributed by atoms with Crippen LogP contribution in [-0.4, -0.2) is 9.38 Å². The molecule has 1 aliphatic rings. The van der Waals surface area contributed by atoms with Gasteiger partial charge in [0.1, 0.15) is 10.8 Å². The van der Waals surface area contributed by atoms with E-state index in [1.54, 1.807) is 0 Å². The quantitative estimate of drug-likeness (QED) is 0.869. The van der Waals surface area contributed by atoms with Crippen LogP contribution in [0.25, 0.3) is 5.65 Å². The smallest absolute Gasteiger partial charge is 0.143 e. The van der Waals surface area contributed by atoms with Crippen molar-refractivity contribution in [3.8, 4) is 0 Å². The van der Waals surface area contributed by atoms with Crippen LogP contribution in [0.1, 0.15) is 31.0 Å². The molecule has 0 aromatic carbocycles. The van der Waals surface area contributed by atoms with Gasteiger partial charge in [0.05, 0.1) is 5.69 Å². The van der Waals surface area contributed by atoms with Crippen LogP contribution in [0.4, 0.5) is 0 Å². The number of fused-ring (bicyclic) bond motifs is 1. The molecule has 0 unspecified atom stereocenters. The predicted octanol–water partition coefficient (Wildman–Crippen LogP) is 2.50. The van der Waals surface area contributed by atoms with Gasteiger partial charge in [-0.15, -0.1) is 0 Å². The summed E-state index contributed by atoms with van der Waals surface area (Å²) in [5.41, 5.74) is 9.06. The highest BCUT2D eigenvalue weighted by atomic mass is 35.5. The van der Waals surface area contributed by atoms with Crippen molar-refractivity contribution in [1.29, 1.82) is 0 Å². The Labute approximate surface area is 99.2 Å². The maximum absolute atomic E-state index is 6.26. The number of rotatable bonds is 2. The first kappa shape index (κ1) is 10.1. The molecule has 1 saturated carbocycles. The van der Waals surface area contributed by atoms with Gasteiger partial charge in [-0.05, 0) is 25.3 Å². The highest BCUT2D eigenvalue weighted by Gasteiger charge is 2.42. The zero-order valence-electron chi connectivity index (χ0n) is 9.20. The summed E-state index contributed by atoms with van der Waals surface area (Å²) in [6, 6.07) is 4.05.